The topological polar surface area (TPSA) is 46.3 Å². The van der Waals surface area contributed by atoms with E-state index in [0.29, 0.717) is 12.3 Å². The lowest BCUT2D eigenvalue weighted by Crippen LogP contribution is -2.35. The van der Waals surface area contributed by atoms with Gasteiger partial charge in [0.05, 0.1) is 0 Å². The Hall–Kier alpha value is -1.22. The van der Waals surface area contributed by atoms with E-state index in [2.05, 4.69) is 20.8 Å². The van der Waals surface area contributed by atoms with Gasteiger partial charge in [0.15, 0.2) is 0 Å². The molecule has 0 saturated carbocycles. The van der Waals surface area contributed by atoms with Gasteiger partial charge in [0.2, 0.25) is 5.91 Å². The van der Waals surface area contributed by atoms with Gasteiger partial charge in [-0.2, -0.15) is 0 Å². The Morgan fingerprint density at radius 3 is 2.33 bits per heavy atom. The standard InChI is InChI=1S/C17H28N2O.ClH/c1-4-14(5-2)13-19(6-3)17(20)12-11-15-9-7-8-10-16(15)18;/h7-10,14H,4-6,11-13,18H2,1-3H3;1H. The van der Waals surface area contributed by atoms with Crippen LogP contribution in [0, 0.1) is 5.92 Å². The van der Waals surface area contributed by atoms with Crippen LogP contribution in [-0.2, 0) is 11.2 Å². The Labute approximate surface area is 135 Å². The number of para-hydroxylation sites is 1. The summed E-state index contributed by atoms with van der Waals surface area (Å²) >= 11 is 0. The average molecular weight is 313 g/mol. The highest BCUT2D eigenvalue weighted by molar-refractivity contribution is 5.85. The quantitative estimate of drug-likeness (QED) is 0.740. The third-order valence-corrected chi connectivity index (χ3v) is 4.03. The fourth-order valence-electron chi connectivity index (χ4n) is 2.43. The highest BCUT2D eigenvalue weighted by Gasteiger charge is 2.15. The monoisotopic (exact) mass is 312 g/mol. The zero-order valence-electron chi connectivity index (χ0n) is 13.5. The zero-order chi connectivity index (χ0) is 15.0. The van der Waals surface area contributed by atoms with E-state index in [4.69, 9.17) is 5.73 Å². The number of nitrogens with zero attached hydrogens (tertiary/aromatic N) is 1. The summed E-state index contributed by atoms with van der Waals surface area (Å²) in [6.45, 7) is 8.11. The molecule has 4 heteroatoms. The number of aryl methyl sites for hydroxylation is 1. The molecule has 1 rings (SSSR count). The third-order valence-electron chi connectivity index (χ3n) is 4.03. The molecule has 0 unspecified atom stereocenters. The Balaban J connectivity index is 0.00000400. The number of rotatable bonds is 8. The maximum absolute atomic E-state index is 12.3. The van der Waals surface area contributed by atoms with Gasteiger partial charge in [0.1, 0.15) is 0 Å². The van der Waals surface area contributed by atoms with E-state index >= 15 is 0 Å². The van der Waals surface area contributed by atoms with Crippen LogP contribution in [0.4, 0.5) is 5.69 Å². The minimum Gasteiger partial charge on any atom is -0.399 e. The Morgan fingerprint density at radius 1 is 1.19 bits per heavy atom. The van der Waals surface area contributed by atoms with Crippen LogP contribution < -0.4 is 5.73 Å². The zero-order valence-corrected chi connectivity index (χ0v) is 14.3. The predicted octanol–water partition coefficient (Wildman–Crippen LogP) is 3.91. The highest BCUT2D eigenvalue weighted by atomic mass is 35.5. The van der Waals surface area contributed by atoms with Crippen molar-refractivity contribution in [1.82, 2.24) is 4.90 Å². The van der Waals surface area contributed by atoms with E-state index in [1.807, 2.05) is 29.2 Å². The average Bonchev–Trinajstić information content (AvgIpc) is 2.47. The SMILES string of the molecule is CCC(CC)CN(CC)C(=O)CCc1ccccc1N.Cl. The molecule has 0 aliphatic rings. The molecule has 0 atom stereocenters. The molecule has 0 saturated heterocycles. The van der Waals surface area contributed by atoms with Crippen LogP contribution in [0.2, 0.25) is 0 Å². The Kier molecular flexibility index (Phi) is 9.89. The third kappa shape index (κ3) is 6.38. The van der Waals surface area contributed by atoms with Crippen molar-refractivity contribution in [2.24, 2.45) is 5.92 Å². The first-order chi connectivity index (χ1) is 9.62. The lowest BCUT2D eigenvalue weighted by molar-refractivity contribution is -0.131. The molecule has 0 spiro atoms. The number of nitrogens with two attached hydrogens (primary N) is 1. The van der Waals surface area contributed by atoms with Crippen molar-refractivity contribution < 1.29 is 4.79 Å². The van der Waals surface area contributed by atoms with Crippen molar-refractivity contribution in [2.75, 3.05) is 18.8 Å². The molecule has 0 bridgehead atoms. The van der Waals surface area contributed by atoms with Gasteiger partial charge in [0.25, 0.3) is 0 Å². The van der Waals surface area contributed by atoms with E-state index in [1.165, 1.54) is 0 Å². The van der Waals surface area contributed by atoms with Gasteiger partial charge in [-0.05, 0) is 30.9 Å². The molecule has 0 aliphatic carbocycles. The number of anilines is 1. The van der Waals surface area contributed by atoms with Crippen LogP contribution in [0.5, 0.6) is 0 Å². The summed E-state index contributed by atoms with van der Waals surface area (Å²) in [5, 5.41) is 0. The van der Waals surface area contributed by atoms with Crippen LogP contribution in [0.1, 0.15) is 45.6 Å². The maximum Gasteiger partial charge on any atom is 0.222 e. The van der Waals surface area contributed by atoms with Crippen LogP contribution in [0.25, 0.3) is 0 Å². The maximum atomic E-state index is 12.3. The first kappa shape index (κ1) is 19.8. The van der Waals surface area contributed by atoms with E-state index in [0.717, 1.165) is 43.6 Å². The number of hydrogen-bond acceptors (Lipinski definition) is 2. The van der Waals surface area contributed by atoms with E-state index in [9.17, 15) is 4.79 Å². The summed E-state index contributed by atoms with van der Waals surface area (Å²) in [6, 6.07) is 7.78. The summed E-state index contributed by atoms with van der Waals surface area (Å²) in [7, 11) is 0. The molecule has 2 N–H and O–H groups in total. The van der Waals surface area contributed by atoms with Gasteiger partial charge < -0.3 is 10.6 Å². The van der Waals surface area contributed by atoms with Gasteiger partial charge in [-0.1, -0.05) is 44.9 Å². The van der Waals surface area contributed by atoms with Crippen molar-refractivity contribution in [2.45, 2.75) is 46.5 Å². The number of amides is 1. The molecule has 0 fully saturated rings. The number of benzene rings is 1. The second-order valence-corrected chi connectivity index (χ2v) is 5.31. The van der Waals surface area contributed by atoms with Gasteiger partial charge >= 0.3 is 0 Å². The fourth-order valence-corrected chi connectivity index (χ4v) is 2.43. The van der Waals surface area contributed by atoms with Gasteiger partial charge in [-0.25, -0.2) is 0 Å². The van der Waals surface area contributed by atoms with E-state index < -0.39 is 0 Å². The molecule has 120 valence electrons. The summed E-state index contributed by atoms with van der Waals surface area (Å²) in [4.78, 5) is 14.3. The van der Waals surface area contributed by atoms with Crippen LogP contribution in [0.15, 0.2) is 24.3 Å². The van der Waals surface area contributed by atoms with Crippen molar-refractivity contribution >= 4 is 24.0 Å². The van der Waals surface area contributed by atoms with Gasteiger partial charge in [-0.15, -0.1) is 12.4 Å². The van der Waals surface area contributed by atoms with Crippen molar-refractivity contribution in [3.8, 4) is 0 Å². The molecule has 0 aliphatic heterocycles. The molecule has 1 aromatic rings. The minimum absolute atomic E-state index is 0. The first-order valence-corrected chi connectivity index (χ1v) is 7.73. The van der Waals surface area contributed by atoms with Crippen LogP contribution in [0.3, 0.4) is 0 Å². The molecule has 0 aromatic heterocycles. The molecule has 0 radical (unpaired) electrons. The number of halogens is 1. The molecule has 21 heavy (non-hydrogen) atoms. The number of carbonyl (C=O) groups excluding carboxylic acids is 1. The van der Waals surface area contributed by atoms with Crippen LogP contribution >= 0.6 is 12.4 Å². The van der Waals surface area contributed by atoms with E-state index in [-0.39, 0.29) is 18.3 Å². The number of nitrogen functional groups attached to an aromatic ring is 1. The second kappa shape index (κ2) is 10.5. The highest BCUT2D eigenvalue weighted by Crippen LogP contribution is 2.15. The molecule has 0 heterocycles. The van der Waals surface area contributed by atoms with Crippen molar-refractivity contribution in [3.05, 3.63) is 29.8 Å². The van der Waals surface area contributed by atoms with Gasteiger partial charge in [0, 0.05) is 25.2 Å². The Morgan fingerprint density at radius 2 is 1.81 bits per heavy atom. The summed E-state index contributed by atoms with van der Waals surface area (Å²) in [5.74, 6) is 0.850. The lowest BCUT2D eigenvalue weighted by Gasteiger charge is -2.25. The first-order valence-electron chi connectivity index (χ1n) is 7.73. The van der Waals surface area contributed by atoms with Gasteiger partial charge in [-0.3, -0.25) is 4.79 Å². The molecule has 1 aromatic carbocycles. The summed E-state index contributed by atoms with van der Waals surface area (Å²) in [6.07, 6.45) is 3.53. The summed E-state index contributed by atoms with van der Waals surface area (Å²) in [5.41, 5.74) is 7.76. The largest absolute Gasteiger partial charge is 0.399 e. The number of hydrogen-bond donors (Lipinski definition) is 1. The molecular weight excluding hydrogens is 284 g/mol. The predicted molar refractivity (Wildman–Crippen MR) is 92.7 cm³/mol. The fraction of sp³-hybridized carbons (Fsp3) is 0.588. The smallest absolute Gasteiger partial charge is 0.222 e. The van der Waals surface area contributed by atoms with Crippen molar-refractivity contribution in [1.29, 1.82) is 0 Å². The Bertz CT molecular complexity index is 419. The van der Waals surface area contributed by atoms with Crippen LogP contribution in [-0.4, -0.2) is 23.9 Å². The van der Waals surface area contributed by atoms with Crippen molar-refractivity contribution in [3.63, 3.8) is 0 Å². The minimum atomic E-state index is 0. The molecular formula is C17H29ClN2O. The second-order valence-electron chi connectivity index (χ2n) is 5.31. The van der Waals surface area contributed by atoms with E-state index in [1.54, 1.807) is 0 Å². The summed E-state index contributed by atoms with van der Waals surface area (Å²) < 4.78 is 0. The molecule has 3 nitrogen and oxygen atoms in total. The molecule has 1 amide bonds. The lowest BCUT2D eigenvalue weighted by atomic mass is 10.0. The normalized spacial score (nSPS) is 10.3. The number of carbonyl (C=O) groups is 1.